The van der Waals surface area contributed by atoms with E-state index in [9.17, 15) is 0 Å². The number of hydrogen-bond acceptors (Lipinski definition) is 8. The van der Waals surface area contributed by atoms with Crippen molar-refractivity contribution in [2.75, 3.05) is 0 Å². The highest BCUT2D eigenvalue weighted by atomic mass is 19.1. The van der Waals surface area contributed by atoms with E-state index in [1.54, 1.807) is 20.0 Å². The molecule has 0 unspecified atom stereocenters. The van der Waals surface area contributed by atoms with Crippen LogP contribution in [0.1, 0.15) is 90.0 Å². The van der Waals surface area contributed by atoms with Crippen LogP contribution in [0.25, 0.3) is 77.0 Å². The number of rotatable bonds is 10. The maximum atomic E-state index is 15.5. The zero-order chi connectivity index (χ0) is 61.7. The van der Waals surface area contributed by atoms with Gasteiger partial charge in [0.2, 0.25) is 0 Å². The molecule has 0 aliphatic rings. The van der Waals surface area contributed by atoms with Crippen molar-refractivity contribution in [1.82, 2.24) is 28.7 Å². The van der Waals surface area contributed by atoms with Crippen LogP contribution in [-0.4, -0.2) is 28.7 Å². The number of nitrogens with zero attached hydrogens (tertiary/aromatic N) is 10. The molecule has 14 nitrogen and oxygen atoms in total. The van der Waals surface area contributed by atoms with Crippen molar-refractivity contribution in [3.05, 3.63) is 203 Å². The van der Waals surface area contributed by atoms with Crippen molar-refractivity contribution in [1.29, 1.82) is 0 Å². The summed E-state index contributed by atoms with van der Waals surface area (Å²) in [6.45, 7) is 22.5. The highest BCUT2D eigenvalue weighted by Crippen LogP contribution is 2.45. The predicted octanol–water partition coefficient (Wildman–Crippen LogP) is 15.4. The number of para-hydroxylation sites is 4. The molecule has 0 aliphatic carbocycles. The summed E-state index contributed by atoms with van der Waals surface area (Å²) in [5.41, 5.74) is 18.5. The zero-order valence-electron chi connectivity index (χ0n) is 52.5. The van der Waals surface area contributed by atoms with Crippen LogP contribution in [-0.2, 0) is 28.2 Å². The lowest BCUT2D eigenvalue weighted by Gasteiger charge is -2.18. The standard InChI is InChI=1S/C37H37N5O2.C36H34FN5O2/c1-21(2)26-14-13-17-29-33(26)34-32(37-41(8)27-15-9-10-16-28(27)42(29)37)22(3)30(20-38-34)43-35-23(4)36(25(6)39-24(35)5)44-31-18-11-12-19-40(31)7;1-20(2)24-13-12-16-27-31(24)32-30(36-41(7)25-14-8-9-15-26(25)42(27)36)21(3)28(19-38-32)43-34-22(4)33(23(5)39-35(34)37)44-29-17-10-11-18-40(29)6/h9-21H,1-8H3;8-20H,1-7H3/q2*+2. The van der Waals surface area contributed by atoms with Crippen molar-refractivity contribution < 1.29 is 41.6 Å². The number of hydrogen-bond donors (Lipinski definition) is 0. The molecule has 10 heterocycles. The quantitative estimate of drug-likeness (QED) is 0.0756. The lowest BCUT2D eigenvalue weighted by atomic mass is 9.95. The Balaban J connectivity index is 0.000000162. The fourth-order valence-electron chi connectivity index (χ4n) is 12.9. The van der Waals surface area contributed by atoms with E-state index in [4.69, 9.17) is 33.9 Å². The first-order valence-corrected chi connectivity index (χ1v) is 29.9. The van der Waals surface area contributed by atoms with Crippen LogP contribution in [0.5, 0.6) is 46.3 Å². The second-order valence-corrected chi connectivity index (χ2v) is 23.7. The van der Waals surface area contributed by atoms with Gasteiger partial charge in [0.25, 0.3) is 17.2 Å². The molecule has 88 heavy (non-hydrogen) atoms. The van der Waals surface area contributed by atoms with Gasteiger partial charge in [-0.15, -0.1) is 0 Å². The molecule has 0 amide bonds. The molecule has 0 atom stereocenters. The van der Waals surface area contributed by atoms with Gasteiger partial charge in [-0.3, -0.25) is 15.0 Å². The van der Waals surface area contributed by atoms with E-state index in [2.05, 4.69) is 157 Å². The summed E-state index contributed by atoms with van der Waals surface area (Å²) in [5.74, 6) is 4.23. The van der Waals surface area contributed by atoms with Crippen LogP contribution in [0.4, 0.5) is 4.39 Å². The first-order chi connectivity index (χ1) is 42.3. The lowest BCUT2D eigenvalue weighted by Crippen LogP contribution is -2.29. The number of pyridine rings is 8. The van der Waals surface area contributed by atoms with Crippen LogP contribution in [0.3, 0.4) is 0 Å². The monoisotopic (exact) mass is 1170 g/mol. The summed E-state index contributed by atoms with van der Waals surface area (Å²) >= 11 is 0. The first kappa shape index (κ1) is 57.0. The molecule has 0 aliphatic heterocycles. The van der Waals surface area contributed by atoms with Crippen LogP contribution < -0.4 is 37.2 Å². The van der Waals surface area contributed by atoms with Crippen molar-refractivity contribution in [2.24, 2.45) is 28.2 Å². The maximum Gasteiger partial charge on any atom is 0.373 e. The summed E-state index contributed by atoms with van der Waals surface area (Å²) in [7, 11) is 8.05. The summed E-state index contributed by atoms with van der Waals surface area (Å²) in [6.07, 6.45) is 7.41. The van der Waals surface area contributed by atoms with Gasteiger partial charge in [-0.05, 0) is 120 Å². The fourth-order valence-corrected chi connectivity index (χ4v) is 12.9. The molecule has 0 saturated heterocycles. The minimum absolute atomic E-state index is 0.0121. The molecular weight excluding hydrogens is 1100 g/mol. The topological polar surface area (TPSA) is 113 Å². The highest BCUT2D eigenvalue weighted by Gasteiger charge is 2.32. The number of benzene rings is 4. The van der Waals surface area contributed by atoms with E-state index >= 15 is 4.39 Å². The van der Waals surface area contributed by atoms with Crippen LogP contribution in [0.15, 0.2) is 146 Å². The van der Waals surface area contributed by atoms with E-state index in [-0.39, 0.29) is 11.7 Å². The van der Waals surface area contributed by atoms with Gasteiger partial charge in [0, 0.05) is 34.4 Å². The molecule has 0 fully saturated rings. The van der Waals surface area contributed by atoms with Crippen LogP contribution in [0.2, 0.25) is 0 Å². The van der Waals surface area contributed by atoms with E-state index in [0.717, 1.165) is 106 Å². The third kappa shape index (κ3) is 9.12. The molecule has 0 N–H and O–H groups in total. The summed E-state index contributed by atoms with van der Waals surface area (Å²) < 4.78 is 54.2. The summed E-state index contributed by atoms with van der Waals surface area (Å²) in [4.78, 5) is 19.1. The van der Waals surface area contributed by atoms with E-state index in [1.165, 1.54) is 16.5 Å². The molecule has 10 aromatic heterocycles. The number of aryl methyl sites for hydroxylation is 9. The third-order valence-corrected chi connectivity index (χ3v) is 17.4. The van der Waals surface area contributed by atoms with Gasteiger partial charge in [-0.25, -0.2) is 14.1 Å². The second kappa shape index (κ2) is 22.0. The van der Waals surface area contributed by atoms with Gasteiger partial charge in [0.05, 0.1) is 88.3 Å². The number of imidazole rings is 2. The van der Waals surface area contributed by atoms with Gasteiger partial charge in [0.15, 0.2) is 57.5 Å². The van der Waals surface area contributed by atoms with Crippen LogP contribution >= 0.6 is 0 Å². The maximum absolute atomic E-state index is 15.5. The summed E-state index contributed by atoms with van der Waals surface area (Å²) in [5, 5.41) is 4.31. The van der Waals surface area contributed by atoms with Gasteiger partial charge >= 0.3 is 11.8 Å². The van der Waals surface area contributed by atoms with Crippen molar-refractivity contribution >= 4 is 77.0 Å². The number of fused-ring (bicyclic) bond motifs is 16. The molecule has 14 rings (SSSR count). The molecule has 14 aromatic rings. The van der Waals surface area contributed by atoms with E-state index in [0.29, 0.717) is 51.8 Å². The summed E-state index contributed by atoms with van der Waals surface area (Å²) in [6, 6.07) is 41.5. The van der Waals surface area contributed by atoms with Crippen molar-refractivity contribution in [3.8, 4) is 46.3 Å². The van der Waals surface area contributed by atoms with Gasteiger partial charge in [-0.1, -0.05) is 76.2 Å². The normalized spacial score (nSPS) is 11.8. The number of aromatic nitrogens is 10. The Morgan fingerprint density at radius 1 is 0.409 bits per heavy atom. The molecule has 0 spiro atoms. The Hall–Kier alpha value is -10.2. The second-order valence-electron chi connectivity index (χ2n) is 23.7. The minimum Gasteiger partial charge on any atom is -0.453 e. The Bertz CT molecular complexity index is 4900. The SMILES string of the molecule is Cc1nc(C)c(Oc2cccc[n+]2C)c(C)c1Oc1cnc2c3c(C(C)C)cccc3n3c4ccccc4[n+](C)c3c2c1C.Cc1nc(F)c(Oc2cnc3c4c(C(C)C)cccc4n4c5ccccc5[n+](C)c4c3c2C)c(C)c1Oc1cccc[n+]1C. The smallest absolute Gasteiger partial charge is 0.373 e. The molecular formula is C73H71FN10O4+4. The van der Waals surface area contributed by atoms with Crippen LogP contribution in [0, 0.1) is 54.4 Å². The number of halogens is 1. The molecule has 0 saturated carbocycles. The van der Waals surface area contributed by atoms with Gasteiger partial charge in [0.1, 0.15) is 36.6 Å². The predicted molar refractivity (Wildman–Crippen MR) is 343 cm³/mol. The van der Waals surface area contributed by atoms with Gasteiger partial charge in [-0.2, -0.15) is 22.3 Å². The minimum atomic E-state index is -0.700. The lowest BCUT2D eigenvalue weighted by molar-refractivity contribution is -0.676. The third-order valence-electron chi connectivity index (χ3n) is 17.4. The van der Waals surface area contributed by atoms with Gasteiger partial charge < -0.3 is 18.9 Å². The van der Waals surface area contributed by atoms with Crippen molar-refractivity contribution in [2.45, 2.75) is 88.0 Å². The molecule has 4 aromatic carbocycles. The first-order valence-electron chi connectivity index (χ1n) is 29.9. The van der Waals surface area contributed by atoms with E-state index < -0.39 is 5.95 Å². The Kier molecular flexibility index (Phi) is 14.2. The Morgan fingerprint density at radius 3 is 1.24 bits per heavy atom. The highest BCUT2D eigenvalue weighted by molar-refractivity contribution is 6.15. The average molecular weight is 1170 g/mol. The molecule has 440 valence electrons. The Labute approximate surface area is 509 Å². The Morgan fingerprint density at radius 2 is 0.795 bits per heavy atom. The number of ether oxygens (including phenoxy) is 4. The molecule has 0 radical (unpaired) electrons. The molecule has 15 heteroatoms. The van der Waals surface area contributed by atoms with Crippen molar-refractivity contribution in [3.63, 3.8) is 0 Å². The zero-order valence-corrected chi connectivity index (χ0v) is 52.5. The largest absolute Gasteiger partial charge is 0.453 e. The van der Waals surface area contributed by atoms with E-state index in [1.807, 2.05) is 106 Å². The fraction of sp³-hybridized carbons (Fsp3) is 0.233. The molecule has 0 bridgehead atoms. The average Bonchev–Trinajstić information content (AvgIpc) is 1.47.